The van der Waals surface area contributed by atoms with Crippen LogP contribution in [0.25, 0.3) is 0 Å². The highest BCUT2D eigenvalue weighted by Gasteiger charge is 0.514. The number of hydrogen-bond donors (Lipinski definition) is 0. The van der Waals surface area contributed by atoms with E-state index in [0.29, 0.717) is 0 Å². The summed E-state index contributed by atoms with van der Waals surface area (Å²) in [7, 11) is 0. The molecule has 0 atom stereocenters. The van der Waals surface area contributed by atoms with E-state index in [-0.39, 0.29) is 149 Å². The van der Waals surface area contributed by atoms with E-state index in [1.807, 2.05) is 0 Å². The van der Waals surface area contributed by atoms with Crippen LogP contribution in [0.15, 0.2) is 0 Å². The highest BCUT2D eigenvalue weighted by atomic mass is 12.6. The van der Waals surface area contributed by atoms with E-state index in [1.165, 1.54) is 0 Å². The summed E-state index contributed by atoms with van der Waals surface area (Å²) in [6, 6.07) is 0. The average Bonchev–Trinajstić information content (AvgIpc) is 3.84. The van der Waals surface area contributed by atoms with Gasteiger partial charge in [0.05, 0.1) is 0 Å². The number of hydrogen-bond acceptors (Lipinski definition) is 0. The summed E-state index contributed by atoms with van der Waals surface area (Å²) in [5.74, 6) is 0. The van der Waals surface area contributed by atoms with Gasteiger partial charge in [-0.3, -0.25) is 0 Å². The van der Waals surface area contributed by atoms with Crippen molar-refractivity contribution in [3.05, 3.63) is 0 Å². The molecule has 0 saturated carbocycles. The maximum Gasteiger partial charge on any atom is 0 e. The van der Waals surface area contributed by atoms with Gasteiger partial charge in [0.1, 0.15) is 0 Å². The molecule has 0 amide bonds. The van der Waals surface area contributed by atoms with Crippen molar-refractivity contribution in [2.75, 3.05) is 0 Å². The normalized spacial score (nSPS) is 2.55. The first-order valence-corrected chi connectivity index (χ1v) is 10.0. The zero-order valence-corrected chi connectivity index (χ0v) is 34.6. The van der Waals surface area contributed by atoms with Gasteiger partial charge < -0.3 is 0 Å². The highest BCUT2D eigenvalue weighted by Crippen LogP contribution is 0.640. The zero-order valence-electron chi connectivity index (χ0n) is 70.6. The Morgan fingerprint density at radius 2 is 0.0625 bits per heavy atom. The molecule has 0 rings (SSSR count). The molecule has 496 valence electrons. The first-order valence-electron chi connectivity index (χ1n) is 28.0. The zero-order chi connectivity index (χ0) is 96.0. The second-order valence-electron chi connectivity index (χ2n) is 0. The fourth-order valence-electron chi connectivity index (χ4n) is 0. The molecule has 0 aliphatic rings. The third-order valence-electron chi connectivity index (χ3n) is 0. The summed E-state index contributed by atoms with van der Waals surface area (Å²) < 4.78 is 180. The standard InChI is InChI=1S/30C2H2.20CH4.18H2/c30*1-2;;;;;;;;;;;;;;;;;;;;;;;;;;;;;;;;;;;;;;/h30*1-2H;20*1H4;18*1H/i;;;;;;;;;;;;;;;;;;;;;;;;;;;;;;;;;;;;;;;;;;;;;;;;;;18*1+2T. The lowest BCUT2D eigenvalue weighted by atomic mass is 11.4. The van der Waals surface area contributed by atoms with Crippen molar-refractivity contribution in [1.29, 1.82) is 0 Å². The maximum absolute atomic E-state index is 5.00. The van der Waals surface area contributed by atoms with Crippen molar-refractivity contribution in [2.24, 2.45) is 0 Å². The predicted octanol–water partition coefficient (Wildman–Crippen LogP) is 24.6. The minimum Gasteiger partial charge on any atom is -0.124 e. The maximum atomic E-state index is 5.00. The molecule has 0 heteroatoms. The van der Waals surface area contributed by atoms with Gasteiger partial charge in [-0.1, -0.05) is 149 Å². The molecule has 0 spiro atoms. The Hall–Kier alpha value is -13.2. The molecule has 0 aromatic carbocycles. The summed E-state index contributed by atoms with van der Waals surface area (Å²) >= 11 is 0. The Labute approximate surface area is 586 Å². The Bertz CT molecular complexity index is 688. The van der Waals surface area contributed by atoms with Crippen molar-refractivity contribution in [2.45, 2.75) is 149 Å². The molecule has 0 radical (unpaired) electrons. The molecule has 0 bridgehead atoms. The van der Waals surface area contributed by atoms with E-state index in [0.717, 1.165) is 0 Å². The molecule has 0 saturated heterocycles. The topological polar surface area (TPSA) is 0 Å². The van der Waals surface area contributed by atoms with Crippen LogP contribution in [0.1, 0.15) is 202 Å². The molecule has 0 nitrogen and oxygen atoms in total. The van der Waals surface area contributed by atoms with Gasteiger partial charge in [0.2, 0.25) is 0 Å². The molecule has 80 heavy (non-hydrogen) atoms. The summed E-state index contributed by atoms with van der Waals surface area (Å²) in [6.07, 6.45) is 240. The van der Waals surface area contributed by atoms with Crippen LogP contribution in [0.4, 0.5) is 0 Å². The van der Waals surface area contributed by atoms with Crippen molar-refractivity contribution in [3.63, 3.8) is 0 Å². The van der Waals surface area contributed by atoms with Crippen molar-refractivity contribution >= 4 is 0 Å². The third kappa shape index (κ3) is 1510. The Balaban J connectivity index is -0.00000000306. The van der Waals surface area contributed by atoms with Gasteiger partial charge in [0, 0.05) is 53.5 Å². The number of terminal acetylenes is 30. The van der Waals surface area contributed by atoms with Gasteiger partial charge in [-0.2, -0.15) is 0 Å². The molecule has 0 aliphatic carbocycles. The summed E-state index contributed by atoms with van der Waals surface area (Å²) in [5, 5.41) is 0. The molecule has 0 fully saturated rings. The lowest BCUT2D eigenvalue weighted by Crippen LogP contribution is -0.576. The van der Waals surface area contributed by atoms with E-state index in [4.69, 9.17) is 53.5 Å². The van der Waals surface area contributed by atoms with Crippen molar-refractivity contribution in [1.82, 2.24) is 0 Å². The number of rotatable bonds is 0. The van der Waals surface area contributed by atoms with Gasteiger partial charge in [-0.25, -0.2) is 0 Å². The van der Waals surface area contributed by atoms with Crippen LogP contribution in [0.2, 0.25) is 0 Å². The van der Waals surface area contributed by atoms with E-state index in [1.54, 1.807) is 0 Å². The Kier molecular flexibility index (Phi) is 4730. The van der Waals surface area contributed by atoms with Gasteiger partial charge in [0.25, 0.3) is 0 Å². The first kappa shape index (κ1) is 239. The third-order valence-corrected chi connectivity index (χ3v) is 0. The highest BCUT2D eigenvalue weighted by molar-refractivity contribution is 4.52. The van der Waals surface area contributed by atoms with Crippen molar-refractivity contribution < 1.29 is 53.5 Å². The molecular weight excluding hydrogens is 961 g/mol. The SMILES string of the molecule is C.C.C.C.C.C.C.C.C.C.C.C.C.C.C.C.C.C.C.C.C#C.C#C.C#C.C#C.C#C.C#C.C#C.C#C.C#C.C#C.C#C.C#C.C#C.C#C.C#C.C#C.C#C.C#C.C#C.C#C.C#C.C#C.C#C.C#C.C#C.C#C.C#C.C#C.C#C.C#C.[3H][3H].[3H][3H].[3H][3H].[3H][3H].[3H][3H].[3H][3H].[3H][3H].[3H][3H].[3H][3H].[3H][3H].[3H][3H].[3H][3H].[3H][3H].[3H][3H].[3H][3H].[3H][3H].[3H][3H].[3H][3H]. The summed E-state index contributed by atoms with van der Waals surface area (Å²) in [6.45, 7) is 0. The molecule has 0 aliphatic heterocycles. The second kappa shape index (κ2) is 1590. The van der Waals surface area contributed by atoms with Crippen LogP contribution in [-0.4, -0.2) is 0 Å². The molecule has 0 aromatic heterocycles. The Morgan fingerprint density at radius 1 is 0.0625 bits per heavy atom. The molecular formula is C80H176. The molecule has 0 heterocycles. The lowest BCUT2D eigenvalue weighted by molar-refractivity contribution is 2.50. The largest absolute Gasteiger partial charge is 0.124 e. The van der Waals surface area contributed by atoms with E-state index < -0.39 is 0 Å². The monoisotopic (exact) mass is 1210 g/mol. The fourth-order valence-corrected chi connectivity index (χ4v) is 0. The van der Waals surface area contributed by atoms with Crippen molar-refractivity contribution in [3.8, 4) is 385 Å². The van der Waals surface area contributed by atoms with Crippen LogP contribution < -0.4 is 0 Å². The van der Waals surface area contributed by atoms with Crippen LogP contribution in [0.3, 0.4) is 0 Å². The summed E-state index contributed by atoms with van der Waals surface area (Å²) in [4.78, 5) is 0. The first-order chi connectivity index (χ1) is 48.0. The lowest BCUT2D eigenvalue weighted by Gasteiger charge is -0.701. The van der Waals surface area contributed by atoms with E-state index in [9.17, 15) is 0 Å². The molecule has 0 unspecified atom stereocenters. The minimum absolute atomic E-state index is 0. The Morgan fingerprint density at radius 3 is 0.0625 bits per heavy atom. The molecule has 0 aromatic rings. The van der Waals surface area contributed by atoms with Gasteiger partial charge >= 0.3 is 0 Å². The quantitative estimate of drug-likeness (QED) is 0.212. The van der Waals surface area contributed by atoms with Crippen LogP contribution in [0.5, 0.6) is 0 Å². The molecule has 0 N–H and O–H groups in total. The predicted molar refractivity (Wildman–Crippen MR) is 469 cm³/mol. The van der Waals surface area contributed by atoms with Crippen LogP contribution >= 0.6 is 0 Å². The average molecular weight is 1210 g/mol. The minimum atomic E-state index is 0. The smallest absolute Gasteiger partial charge is 0 e. The van der Waals surface area contributed by atoms with Gasteiger partial charge in [-0.15, -0.1) is 385 Å². The van der Waals surface area contributed by atoms with Crippen LogP contribution in [0, 0.1) is 385 Å². The second-order valence-corrected chi connectivity index (χ2v) is 0. The van der Waals surface area contributed by atoms with Gasteiger partial charge in [-0.05, 0) is 0 Å². The van der Waals surface area contributed by atoms with E-state index in [2.05, 4.69) is 385 Å². The van der Waals surface area contributed by atoms with E-state index >= 15 is 0 Å². The fraction of sp³-hybridized carbons (Fsp3) is 0.250. The summed E-state index contributed by atoms with van der Waals surface area (Å²) in [5.41, 5.74) is 0. The van der Waals surface area contributed by atoms with Gasteiger partial charge in [0.15, 0.2) is 0 Å². The van der Waals surface area contributed by atoms with Crippen LogP contribution in [-0.2, 0) is 0 Å².